The molecule has 26 heavy (non-hydrogen) atoms. The molecule has 1 heterocycles. The van der Waals surface area contributed by atoms with Crippen molar-refractivity contribution in [2.75, 3.05) is 5.32 Å². The Morgan fingerprint density at radius 1 is 1.31 bits per heavy atom. The quantitative estimate of drug-likeness (QED) is 0.802. The third-order valence-corrected chi connectivity index (χ3v) is 5.97. The number of carbonyl (C=O) groups is 1. The lowest BCUT2D eigenvalue weighted by atomic mass is 9.75. The van der Waals surface area contributed by atoms with Gasteiger partial charge in [0.25, 0.3) is 0 Å². The van der Waals surface area contributed by atoms with Crippen LogP contribution < -0.4 is 5.32 Å². The Kier molecular flexibility index (Phi) is 4.74. The number of aromatic nitrogens is 3. The third-order valence-electron chi connectivity index (χ3n) is 5.56. The predicted octanol–water partition coefficient (Wildman–Crippen LogP) is 4.66. The number of nitrogens with zero attached hydrogens (tertiary/aromatic N) is 3. The van der Waals surface area contributed by atoms with Gasteiger partial charge in [0, 0.05) is 35.5 Å². The summed E-state index contributed by atoms with van der Waals surface area (Å²) in [6.07, 6.45) is 5.84. The molecule has 1 aromatic carbocycles. The summed E-state index contributed by atoms with van der Waals surface area (Å²) in [6.45, 7) is 4.20. The van der Waals surface area contributed by atoms with Crippen LogP contribution in [0.1, 0.15) is 68.2 Å². The first-order valence-electron chi connectivity index (χ1n) is 9.51. The summed E-state index contributed by atoms with van der Waals surface area (Å²) in [5.41, 5.74) is 1.67. The fraction of sp³-hybridized carbons (Fsp3) is 0.550. The maximum atomic E-state index is 12.4. The molecule has 0 spiro atoms. The number of aryl methyl sites for hydroxylation is 1. The molecular weight excluding hydrogens is 348 g/mol. The van der Waals surface area contributed by atoms with Crippen LogP contribution in [0.15, 0.2) is 18.2 Å². The number of rotatable bonds is 6. The van der Waals surface area contributed by atoms with Crippen molar-refractivity contribution in [3.63, 3.8) is 0 Å². The Morgan fingerprint density at radius 2 is 2.08 bits per heavy atom. The van der Waals surface area contributed by atoms with Crippen molar-refractivity contribution in [2.24, 2.45) is 5.92 Å². The van der Waals surface area contributed by atoms with Crippen molar-refractivity contribution in [3.05, 3.63) is 40.4 Å². The van der Waals surface area contributed by atoms with Crippen LogP contribution in [0.3, 0.4) is 0 Å². The Labute approximate surface area is 159 Å². The molecular formula is C20H25ClN4O. The molecule has 2 fully saturated rings. The number of benzene rings is 1. The Bertz CT molecular complexity index is 821. The average molecular weight is 373 g/mol. The molecule has 4 rings (SSSR count). The topological polar surface area (TPSA) is 59.8 Å². The Balaban J connectivity index is 1.41. The highest BCUT2D eigenvalue weighted by Gasteiger charge is 2.36. The van der Waals surface area contributed by atoms with Gasteiger partial charge in [-0.1, -0.05) is 24.6 Å². The van der Waals surface area contributed by atoms with Crippen LogP contribution in [0, 0.1) is 12.8 Å². The summed E-state index contributed by atoms with van der Waals surface area (Å²) >= 11 is 6.12. The molecule has 1 N–H and O–H groups in total. The second-order valence-corrected chi connectivity index (χ2v) is 8.22. The van der Waals surface area contributed by atoms with Crippen molar-refractivity contribution in [1.29, 1.82) is 0 Å². The van der Waals surface area contributed by atoms with Crippen molar-refractivity contribution in [2.45, 2.75) is 64.3 Å². The second-order valence-electron chi connectivity index (χ2n) is 7.81. The molecule has 2 aliphatic carbocycles. The highest BCUT2D eigenvalue weighted by atomic mass is 35.5. The number of halogens is 1. The van der Waals surface area contributed by atoms with Gasteiger partial charge in [0.05, 0.1) is 0 Å². The summed E-state index contributed by atoms with van der Waals surface area (Å²) in [5.74, 6) is 3.43. The molecule has 0 saturated heterocycles. The maximum absolute atomic E-state index is 12.4. The molecule has 0 unspecified atom stereocenters. The van der Waals surface area contributed by atoms with Gasteiger partial charge in [-0.2, -0.15) is 0 Å². The van der Waals surface area contributed by atoms with E-state index in [0.29, 0.717) is 29.8 Å². The van der Waals surface area contributed by atoms with Crippen LogP contribution in [0.2, 0.25) is 5.02 Å². The van der Waals surface area contributed by atoms with Crippen molar-refractivity contribution >= 4 is 23.2 Å². The molecule has 2 aliphatic rings. The summed E-state index contributed by atoms with van der Waals surface area (Å²) in [7, 11) is 0. The number of hydrogen-bond donors (Lipinski definition) is 1. The van der Waals surface area contributed by atoms with Gasteiger partial charge in [0.15, 0.2) is 0 Å². The standard InChI is InChI=1S/C20H25ClN4O/c1-12-10-14(11-12)20-24-23-18(25(20)15-6-7-15)8-9-19(26)22-17-5-3-4-16(21)13(17)2/h3-5,12,14-15H,6-11H2,1-2H3,(H,22,26). The minimum atomic E-state index is -0.0143. The molecule has 0 aliphatic heterocycles. The fourth-order valence-electron chi connectivity index (χ4n) is 3.81. The smallest absolute Gasteiger partial charge is 0.224 e. The Morgan fingerprint density at radius 3 is 2.77 bits per heavy atom. The monoisotopic (exact) mass is 372 g/mol. The molecule has 0 atom stereocenters. The summed E-state index contributed by atoms with van der Waals surface area (Å²) in [6, 6.07) is 6.10. The first-order chi connectivity index (χ1) is 12.5. The predicted molar refractivity (Wildman–Crippen MR) is 103 cm³/mol. The van der Waals surface area contributed by atoms with E-state index in [4.69, 9.17) is 11.6 Å². The van der Waals surface area contributed by atoms with E-state index in [9.17, 15) is 4.79 Å². The van der Waals surface area contributed by atoms with Crippen LogP contribution in [0.5, 0.6) is 0 Å². The van der Waals surface area contributed by atoms with Gasteiger partial charge in [0.1, 0.15) is 11.6 Å². The van der Waals surface area contributed by atoms with Crippen molar-refractivity contribution in [1.82, 2.24) is 14.8 Å². The zero-order valence-corrected chi connectivity index (χ0v) is 16.1. The van der Waals surface area contributed by atoms with Gasteiger partial charge in [-0.3, -0.25) is 4.79 Å². The normalized spacial score (nSPS) is 22.1. The van der Waals surface area contributed by atoms with E-state index in [2.05, 4.69) is 27.0 Å². The third kappa shape index (κ3) is 3.50. The van der Waals surface area contributed by atoms with Gasteiger partial charge >= 0.3 is 0 Å². The van der Waals surface area contributed by atoms with Crippen LogP contribution in [0.25, 0.3) is 0 Å². The summed E-state index contributed by atoms with van der Waals surface area (Å²) < 4.78 is 2.33. The highest BCUT2D eigenvalue weighted by molar-refractivity contribution is 6.31. The van der Waals surface area contributed by atoms with E-state index >= 15 is 0 Å². The number of amides is 1. The molecule has 6 heteroatoms. The minimum absolute atomic E-state index is 0.0143. The van der Waals surface area contributed by atoms with Gasteiger partial charge in [0.2, 0.25) is 5.91 Å². The zero-order valence-electron chi connectivity index (χ0n) is 15.3. The first-order valence-corrected chi connectivity index (χ1v) is 9.89. The molecule has 0 bridgehead atoms. The number of carbonyl (C=O) groups excluding carboxylic acids is 1. The van der Waals surface area contributed by atoms with Gasteiger partial charge in [-0.25, -0.2) is 0 Å². The molecule has 0 radical (unpaired) electrons. The van der Waals surface area contributed by atoms with E-state index in [1.54, 1.807) is 0 Å². The summed E-state index contributed by atoms with van der Waals surface area (Å²) in [4.78, 5) is 12.4. The Hall–Kier alpha value is -1.88. The molecule has 1 aromatic heterocycles. The van der Waals surface area contributed by atoms with Gasteiger partial charge < -0.3 is 9.88 Å². The minimum Gasteiger partial charge on any atom is -0.326 e. The lowest BCUT2D eigenvalue weighted by molar-refractivity contribution is -0.116. The SMILES string of the molecule is Cc1c(Cl)cccc1NC(=O)CCc1nnc(C2CC(C)C2)n1C1CC1. The number of nitrogens with one attached hydrogen (secondary N) is 1. The van der Waals surface area contributed by atoms with Gasteiger partial charge in [-0.05, 0) is 56.2 Å². The van der Waals surface area contributed by atoms with Crippen LogP contribution >= 0.6 is 11.6 Å². The average Bonchev–Trinajstić information content (AvgIpc) is 3.34. The van der Waals surface area contributed by atoms with E-state index in [1.807, 2.05) is 25.1 Å². The molecule has 2 aromatic rings. The fourth-order valence-corrected chi connectivity index (χ4v) is 3.99. The van der Waals surface area contributed by atoms with E-state index in [0.717, 1.165) is 28.8 Å². The first kappa shape index (κ1) is 17.5. The van der Waals surface area contributed by atoms with Crippen molar-refractivity contribution in [3.8, 4) is 0 Å². The zero-order chi connectivity index (χ0) is 18.3. The molecule has 5 nitrogen and oxygen atoms in total. The van der Waals surface area contributed by atoms with Crippen LogP contribution in [-0.2, 0) is 11.2 Å². The van der Waals surface area contributed by atoms with Crippen LogP contribution in [0.4, 0.5) is 5.69 Å². The highest BCUT2D eigenvalue weighted by Crippen LogP contribution is 2.45. The number of anilines is 1. The lowest BCUT2D eigenvalue weighted by Crippen LogP contribution is -2.23. The maximum Gasteiger partial charge on any atom is 0.224 e. The molecule has 2 saturated carbocycles. The summed E-state index contributed by atoms with van der Waals surface area (Å²) in [5, 5.41) is 12.5. The molecule has 1 amide bonds. The van der Waals surface area contributed by atoms with E-state index in [-0.39, 0.29) is 5.91 Å². The number of hydrogen-bond acceptors (Lipinski definition) is 3. The second kappa shape index (κ2) is 7.03. The van der Waals surface area contributed by atoms with E-state index in [1.165, 1.54) is 25.7 Å². The molecule has 138 valence electrons. The van der Waals surface area contributed by atoms with Crippen molar-refractivity contribution < 1.29 is 4.79 Å². The lowest BCUT2D eigenvalue weighted by Gasteiger charge is -2.32. The van der Waals surface area contributed by atoms with Gasteiger partial charge in [-0.15, -0.1) is 10.2 Å². The largest absolute Gasteiger partial charge is 0.326 e. The van der Waals surface area contributed by atoms with Crippen LogP contribution in [-0.4, -0.2) is 20.7 Å². The van der Waals surface area contributed by atoms with E-state index < -0.39 is 0 Å².